The molecule has 0 bridgehead atoms. The van der Waals surface area contributed by atoms with Gasteiger partial charge in [-0.2, -0.15) is 0 Å². The summed E-state index contributed by atoms with van der Waals surface area (Å²) in [6.45, 7) is 8.07. The quantitative estimate of drug-likeness (QED) is 0.497. The van der Waals surface area contributed by atoms with Crippen molar-refractivity contribution >= 4 is 17.4 Å². The maximum absolute atomic E-state index is 12.8. The first-order valence-electron chi connectivity index (χ1n) is 12.9. The summed E-state index contributed by atoms with van der Waals surface area (Å²) in [6, 6.07) is 11.9. The number of methoxy groups -OCH3 is 2. The van der Waals surface area contributed by atoms with Crippen molar-refractivity contribution in [3.8, 4) is 5.75 Å². The molecular formula is C30H36N2O4. The zero-order valence-corrected chi connectivity index (χ0v) is 22.0. The average molecular weight is 489 g/mol. The summed E-state index contributed by atoms with van der Waals surface area (Å²) in [5.74, 6) is 0.562. The van der Waals surface area contributed by atoms with Crippen LogP contribution in [-0.4, -0.2) is 44.1 Å². The molecule has 2 heterocycles. The number of likely N-dealkylation sites (tertiary alicyclic amines) is 1. The zero-order chi connectivity index (χ0) is 25.8. The van der Waals surface area contributed by atoms with Crippen molar-refractivity contribution in [3.63, 3.8) is 0 Å². The van der Waals surface area contributed by atoms with Gasteiger partial charge in [0.15, 0.2) is 0 Å². The number of hydrogen-bond acceptors (Lipinski definition) is 5. The molecule has 1 amide bonds. The minimum absolute atomic E-state index is 0.0159. The molecule has 2 aliphatic heterocycles. The lowest BCUT2D eigenvalue weighted by molar-refractivity contribution is -0.130. The molecule has 6 nitrogen and oxygen atoms in total. The molecule has 0 saturated carbocycles. The van der Waals surface area contributed by atoms with Gasteiger partial charge in [-0.25, -0.2) is 9.79 Å². The monoisotopic (exact) mass is 488 g/mol. The number of carbonyl (C=O) groups is 2. The number of fused-ring (bicyclic) bond motifs is 1. The predicted molar refractivity (Wildman–Crippen MR) is 140 cm³/mol. The Bertz CT molecular complexity index is 1310. The lowest BCUT2D eigenvalue weighted by Gasteiger charge is -2.19. The van der Waals surface area contributed by atoms with Crippen LogP contribution in [0.3, 0.4) is 0 Å². The molecule has 1 fully saturated rings. The Hall–Kier alpha value is -3.41. The van der Waals surface area contributed by atoms with Crippen LogP contribution in [0.15, 0.2) is 53.2 Å². The number of rotatable bonds is 9. The molecule has 1 saturated heterocycles. The minimum atomic E-state index is -0.392. The van der Waals surface area contributed by atoms with E-state index in [1.54, 1.807) is 19.2 Å². The SMILES string of the molecule is CCC=C1N=c2ccc(CC3CCN(CCC)C3=O)cc2=C1C(C)c1ccc(C(=O)OC)cc1OC. The van der Waals surface area contributed by atoms with Gasteiger partial charge in [-0.15, -0.1) is 0 Å². The molecule has 0 radical (unpaired) electrons. The second-order valence-corrected chi connectivity index (χ2v) is 9.56. The third kappa shape index (κ3) is 4.95. The third-order valence-electron chi connectivity index (χ3n) is 7.20. The van der Waals surface area contributed by atoms with Crippen molar-refractivity contribution in [3.05, 3.63) is 75.4 Å². The van der Waals surface area contributed by atoms with Gasteiger partial charge in [0.2, 0.25) is 5.91 Å². The van der Waals surface area contributed by atoms with E-state index < -0.39 is 5.97 Å². The molecule has 2 aromatic carbocycles. The van der Waals surface area contributed by atoms with Gasteiger partial charge in [-0.05, 0) is 61.1 Å². The van der Waals surface area contributed by atoms with E-state index in [4.69, 9.17) is 14.5 Å². The fourth-order valence-electron chi connectivity index (χ4n) is 5.39. The minimum Gasteiger partial charge on any atom is -0.496 e. The number of amides is 1. The number of allylic oxidation sites excluding steroid dienone is 2. The highest BCUT2D eigenvalue weighted by Gasteiger charge is 2.31. The van der Waals surface area contributed by atoms with Crippen LogP contribution < -0.4 is 15.3 Å². The highest BCUT2D eigenvalue weighted by molar-refractivity contribution is 5.90. The van der Waals surface area contributed by atoms with Gasteiger partial charge in [-0.1, -0.05) is 39.0 Å². The van der Waals surface area contributed by atoms with Crippen LogP contribution in [0.25, 0.3) is 5.57 Å². The molecule has 0 N–H and O–H groups in total. The molecule has 4 rings (SSSR count). The number of nitrogens with zero attached hydrogens (tertiary/aromatic N) is 2. The topological polar surface area (TPSA) is 68.2 Å². The largest absolute Gasteiger partial charge is 0.496 e. The molecule has 2 unspecified atom stereocenters. The highest BCUT2D eigenvalue weighted by atomic mass is 16.5. The Balaban J connectivity index is 1.74. The van der Waals surface area contributed by atoms with E-state index >= 15 is 0 Å². The molecule has 36 heavy (non-hydrogen) atoms. The summed E-state index contributed by atoms with van der Waals surface area (Å²) in [4.78, 5) is 31.8. The Labute approximate surface area is 213 Å². The molecule has 0 spiro atoms. The maximum atomic E-state index is 12.8. The van der Waals surface area contributed by atoms with Crippen molar-refractivity contribution in [2.24, 2.45) is 10.9 Å². The Morgan fingerprint density at radius 1 is 1.19 bits per heavy atom. The first kappa shape index (κ1) is 25.7. The van der Waals surface area contributed by atoms with Gasteiger partial charge in [0, 0.05) is 35.7 Å². The Kier molecular flexibility index (Phi) is 7.92. The van der Waals surface area contributed by atoms with Crippen molar-refractivity contribution in [1.82, 2.24) is 4.90 Å². The molecule has 6 heteroatoms. The summed E-state index contributed by atoms with van der Waals surface area (Å²) in [6.07, 6.45) is 5.68. The summed E-state index contributed by atoms with van der Waals surface area (Å²) in [7, 11) is 2.99. The molecular weight excluding hydrogens is 452 g/mol. The number of hydrogen-bond donors (Lipinski definition) is 0. The van der Waals surface area contributed by atoms with Crippen LogP contribution >= 0.6 is 0 Å². The van der Waals surface area contributed by atoms with Gasteiger partial charge in [-0.3, -0.25) is 4.79 Å². The number of carbonyl (C=O) groups excluding carboxylic acids is 2. The number of ether oxygens (including phenoxy) is 2. The predicted octanol–water partition coefficient (Wildman–Crippen LogP) is 4.16. The summed E-state index contributed by atoms with van der Waals surface area (Å²) in [5.41, 5.74) is 4.72. The normalized spacial score (nSPS) is 18.9. The van der Waals surface area contributed by atoms with Crippen LogP contribution in [0.4, 0.5) is 0 Å². The van der Waals surface area contributed by atoms with E-state index in [1.807, 2.05) is 11.0 Å². The fraction of sp³-hybridized carbons (Fsp3) is 0.433. The van der Waals surface area contributed by atoms with Crippen LogP contribution in [0.5, 0.6) is 5.75 Å². The molecule has 0 aliphatic carbocycles. The van der Waals surface area contributed by atoms with E-state index in [0.717, 1.165) is 71.7 Å². The first-order chi connectivity index (χ1) is 17.4. The number of benzene rings is 2. The first-order valence-corrected chi connectivity index (χ1v) is 12.9. The molecule has 2 aliphatic rings. The van der Waals surface area contributed by atoms with Crippen molar-refractivity contribution < 1.29 is 19.1 Å². The van der Waals surface area contributed by atoms with Crippen molar-refractivity contribution in [2.45, 2.75) is 52.4 Å². The van der Waals surface area contributed by atoms with Gasteiger partial charge in [0.25, 0.3) is 0 Å². The maximum Gasteiger partial charge on any atom is 0.337 e. The fourth-order valence-corrected chi connectivity index (χ4v) is 5.39. The second kappa shape index (κ2) is 11.1. The molecule has 2 aromatic rings. The van der Waals surface area contributed by atoms with Gasteiger partial charge in [0.05, 0.1) is 30.8 Å². The lowest BCUT2D eigenvalue weighted by Crippen LogP contribution is -2.29. The summed E-state index contributed by atoms with van der Waals surface area (Å²) < 4.78 is 10.6. The van der Waals surface area contributed by atoms with Gasteiger partial charge in [0.1, 0.15) is 5.75 Å². The molecule has 2 atom stereocenters. The van der Waals surface area contributed by atoms with Crippen LogP contribution in [0.1, 0.15) is 67.4 Å². The van der Waals surface area contributed by atoms with Gasteiger partial charge < -0.3 is 14.4 Å². The standard InChI is InChI=1S/C30H36N2O4/c1-6-8-26-28(19(3)23-11-10-22(30(34)36-5)18-27(23)35-4)24-17-20(9-12-25(24)31-26)16-21-13-15-32(14-7-2)29(21)33/h8-12,17-19,21H,6-7,13-16H2,1-5H3. The van der Waals surface area contributed by atoms with E-state index in [9.17, 15) is 9.59 Å². The van der Waals surface area contributed by atoms with Crippen LogP contribution in [0.2, 0.25) is 0 Å². The van der Waals surface area contributed by atoms with E-state index in [0.29, 0.717) is 11.3 Å². The highest BCUT2D eigenvalue weighted by Crippen LogP contribution is 2.37. The Morgan fingerprint density at radius 2 is 2.00 bits per heavy atom. The summed E-state index contributed by atoms with van der Waals surface area (Å²) in [5, 5.41) is 2.06. The van der Waals surface area contributed by atoms with Crippen LogP contribution in [-0.2, 0) is 16.0 Å². The smallest absolute Gasteiger partial charge is 0.337 e. The zero-order valence-electron chi connectivity index (χ0n) is 22.0. The second-order valence-electron chi connectivity index (χ2n) is 9.56. The average Bonchev–Trinajstić information content (AvgIpc) is 3.42. The molecule has 0 aromatic heterocycles. The third-order valence-corrected chi connectivity index (χ3v) is 7.20. The van der Waals surface area contributed by atoms with E-state index in [1.165, 1.54) is 7.11 Å². The van der Waals surface area contributed by atoms with Crippen molar-refractivity contribution in [1.29, 1.82) is 0 Å². The Morgan fingerprint density at radius 3 is 2.69 bits per heavy atom. The van der Waals surface area contributed by atoms with Gasteiger partial charge >= 0.3 is 5.97 Å². The van der Waals surface area contributed by atoms with Crippen LogP contribution in [0, 0.1) is 5.92 Å². The lowest BCUT2D eigenvalue weighted by atomic mass is 9.88. The van der Waals surface area contributed by atoms with E-state index in [2.05, 4.69) is 45.0 Å². The van der Waals surface area contributed by atoms with Crippen molar-refractivity contribution in [2.75, 3.05) is 27.3 Å². The number of esters is 1. The summed E-state index contributed by atoms with van der Waals surface area (Å²) >= 11 is 0. The molecule has 190 valence electrons. The van der Waals surface area contributed by atoms with E-state index in [-0.39, 0.29) is 17.7 Å².